The summed E-state index contributed by atoms with van der Waals surface area (Å²) < 4.78 is 51.1. The Morgan fingerprint density at radius 1 is 1.23 bits per heavy atom. The monoisotopic (exact) mass is 248 g/mol. The first-order valence-corrected chi connectivity index (χ1v) is 8.67. The molecule has 78 valence electrons. The fourth-order valence-electron chi connectivity index (χ4n) is 0.921. The van der Waals surface area contributed by atoms with Gasteiger partial charge in [0.15, 0.2) is 0 Å². The van der Waals surface area contributed by atoms with Gasteiger partial charge in [0.2, 0.25) is 0 Å². The zero-order chi connectivity index (χ0) is 9.95. The van der Waals surface area contributed by atoms with Crippen molar-refractivity contribution in [3.63, 3.8) is 0 Å². The van der Waals surface area contributed by atoms with Gasteiger partial charge in [-0.25, -0.2) is 0 Å². The largest absolute Gasteiger partial charge is 0.425 e. The van der Waals surface area contributed by atoms with Gasteiger partial charge in [0.1, 0.15) is 0 Å². The first kappa shape index (κ1) is 11.4. The lowest BCUT2D eigenvalue weighted by molar-refractivity contribution is -0.131. The predicted molar refractivity (Wildman–Crippen MR) is 47.4 cm³/mol. The van der Waals surface area contributed by atoms with Gasteiger partial charge in [0.05, 0.1) is 0 Å². The van der Waals surface area contributed by atoms with Gasteiger partial charge in [-0.2, -0.15) is 13.2 Å². The third kappa shape index (κ3) is 4.37. The maximum Gasteiger partial charge on any atom is 0.389 e. The van der Waals surface area contributed by atoms with E-state index in [1.54, 1.807) is 6.55 Å². The molecule has 1 aliphatic heterocycles. The quantitative estimate of drug-likeness (QED) is 0.647. The first-order chi connectivity index (χ1) is 5.91. The highest BCUT2D eigenvalue weighted by Gasteiger charge is 2.39. The van der Waals surface area contributed by atoms with Crippen LogP contribution in [0.4, 0.5) is 13.2 Å². The molecule has 0 aromatic rings. The van der Waals surface area contributed by atoms with E-state index in [0.717, 1.165) is 0 Å². The first-order valence-electron chi connectivity index (χ1n) is 3.84. The normalized spacial score (nSPS) is 34.2. The van der Waals surface area contributed by atoms with Crippen LogP contribution in [0.25, 0.3) is 0 Å². The molecule has 3 nitrogen and oxygen atoms in total. The molecule has 1 fully saturated rings. The molecule has 1 saturated heterocycles. The highest BCUT2D eigenvalue weighted by Crippen LogP contribution is 2.27. The van der Waals surface area contributed by atoms with Crippen LogP contribution in [0.5, 0.6) is 0 Å². The number of halogens is 3. The SMILES string of the molecule is C[Si]1(CCC(F)(F)F)O[SiH2]O[SiH2]O1. The summed E-state index contributed by atoms with van der Waals surface area (Å²) >= 11 is 0. The standard InChI is InChI=1S/C4H11F3O3Si3/c1-13(3-2-4(5,6)7)9-11-8-12-10-13/h2-3,11-12H2,1H3. The smallest absolute Gasteiger partial charge is 0.389 e. The van der Waals surface area contributed by atoms with Crippen molar-refractivity contribution in [1.82, 2.24) is 0 Å². The van der Waals surface area contributed by atoms with Crippen LogP contribution in [-0.4, -0.2) is 34.8 Å². The van der Waals surface area contributed by atoms with Crippen LogP contribution in [0.3, 0.4) is 0 Å². The van der Waals surface area contributed by atoms with E-state index in [9.17, 15) is 13.2 Å². The van der Waals surface area contributed by atoms with Gasteiger partial charge < -0.3 is 12.3 Å². The fourth-order valence-corrected chi connectivity index (χ4v) is 8.33. The molecule has 0 bridgehead atoms. The summed E-state index contributed by atoms with van der Waals surface area (Å²) in [7, 11) is -4.53. The van der Waals surface area contributed by atoms with E-state index in [1.807, 2.05) is 0 Å². The van der Waals surface area contributed by atoms with Crippen LogP contribution in [0.2, 0.25) is 12.6 Å². The van der Waals surface area contributed by atoms with Crippen molar-refractivity contribution in [2.75, 3.05) is 0 Å². The predicted octanol–water partition coefficient (Wildman–Crippen LogP) is 0.0718. The molecule has 0 radical (unpaired) electrons. The lowest BCUT2D eigenvalue weighted by atomic mass is 10.5. The van der Waals surface area contributed by atoms with E-state index < -0.39 is 41.2 Å². The maximum absolute atomic E-state index is 11.9. The second-order valence-corrected chi connectivity index (χ2v) is 10.2. The second-order valence-electron chi connectivity index (χ2n) is 2.98. The molecule has 0 aromatic carbocycles. The zero-order valence-corrected chi connectivity index (χ0v) is 11.0. The van der Waals surface area contributed by atoms with Gasteiger partial charge >= 0.3 is 14.7 Å². The van der Waals surface area contributed by atoms with Gasteiger partial charge in [0, 0.05) is 6.42 Å². The van der Waals surface area contributed by atoms with Gasteiger partial charge in [-0.3, -0.25) is 0 Å². The van der Waals surface area contributed by atoms with Crippen LogP contribution in [0.1, 0.15) is 6.42 Å². The molecule has 0 saturated carbocycles. The van der Waals surface area contributed by atoms with Crippen LogP contribution in [0.15, 0.2) is 0 Å². The number of hydrogen-bond donors (Lipinski definition) is 0. The van der Waals surface area contributed by atoms with E-state index in [4.69, 9.17) is 12.3 Å². The van der Waals surface area contributed by atoms with Gasteiger partial charge in [0.25, 0.3) is 20.0 Å². The van der Waals surface area contributed by atoms with Crippen molar-refractivity contribution >= 4 is 28.6 Å². The lowest BCUT2D eigenvalue weighted by Gasteiger charge is -2.31. The second kappa shape index (κ2) is 4.23. The van der Waals surface area contributed by atoms with E-state index >= 15 is 0 Å². The van der Waals surface area contributed by atoms with Gasteiger partial charge in [-0.05, 0) is 12.6 Å². The Bertz CT molecular complexity index is 170. The molecule has 0 atom stereocenters. The molecule has 1 rings (SSSR count). The minimum atomic E-state index is -4.11. The van der Waals surface area contributed by atoms with Crippen LogP contribution in [-0.2, 0) is 12.3 Å². The van der Waals surface area contributed by atoms with Crippen LogP contribution >= 0.6 is 0 Å². The van der Waals surface area contributed by atoms with E-state index in [-0.39, 0.29) is 6.04 Å². The molecule has 0 N–H and O–H groups in total. The van der Waals surface area contributed by atoms with Crippen molar-refractivity contribution in [2.24, 2.45) is 0 Å². The molecule has 1 heterocycles. The van der Waals surface area contributed by atoms with Crippen molar-refractivity contribution in [2.45, 2.75) is 25.2 Å². The van der Waals surface area contributed by atoms with E-state index in [2.05, 4.69) is 0 Å². The average Bonchev–Trinajstić information content (AvgIpc) is 2.02. The lowest BCUT2D eigenvalue weighted by Crippen LogP contribution is -2.47. The fraction of sp³-hybridized carbons (Fsp3) is 1.00. The number of hydrogen-bond acceptors (Lipinski definition) is 3. The molecular formula is C4H11F3O3Si3. The van der Waals surface area contributed by atoms with Crippen LogP contribution in [0, 0.1) is 0 Å². The van der Waals surface area contributed by atoms with Crippen LogP contribution < -0.4 is 0 Å². The van der Waals surface area contributed by atoms with Gasteiger partial charge in [-0.1, -0.05) is 0 Å². The van der Waals surface area contributed by atoms with Gasteiger partial charge in [-0.15, -0.1) is 0 Å². The Balaban J connectivity index is 2.33. The number of alkyl halides is 3. The molecule has 0 aliphatic carbocycles. The van der Waals surface area contributed by atoms with E-state index in [1.165, 1.54) is 0 Å². The average molecular weight is 248 g/mol. The Labute approximate surface area is 79.9 Å². The third-order valence-corrected chi connectivity index (χ3v) is 10.1. The Morgan fingerprint density at radius 3 is 2.23 bits per heavy atom. The summed E-state index contributed by atoms with van der Waals surface area (Å²) in [5, 5.41) is 0. The van der Waals surface area contributed by atoms with E-state index in [0.29, 0.717) is 0 Å². The molecule has 0 aromatic heterocycles. The molecule has 0 spiro atoms. The number of rotatable bonds is 2. The highest BCUT2D eigenvalue weighted by atomic mass is 28.5. The topological polar surface area (TPSA) is 27.7 Å². The highest BCUT2D eigenvalue weighted by molar-refractivity contribution is 6.75. The molecular weight excluding hydrogens is 237 g/mol. The molecule has 1 aliphatic rings. The summed E-state index contributed by atoms with van der Waals surface area (Å²) in [6, 6.07) is -0.000139. The van der Waals surface area contributed by atoms with Crippen molar-refractivity contribution in [1.29, 1.82) is 0 Å². The summed E-state index contributed by atoms with van der Waals surface area (Å²) in [6.45, 7) is 1.68. The molecule has 0 amide bonds. The Kier molecular flexibility index (Phi) is 3.71. The molecule has 13 heavy (non-hydrogen) atoms. The maximum atomic E-state index is 11.9. The van der Waals surface area contributed by atoms with Crippen molar-refractivity contribution in [3.8, 4) is 0 Å². The Morgan fingerprint density at radius 2 is 1.77 bits per heavy atom. The third-order valence-electron chi connectivity index (χ3n) is 1.76. The molecule has 0 unspecified atom stereocenters. The molecule has 9 heteroatoms. The van der Waals surface area contributed by atoms with Crippen molar-refractivity contribution in [3.05, 3.63) is 0 Å². The van der Waals surface area contributed by atoms with Crippen molar-refractivity contribution < 1.29 is 25.5 Å². The minimum absolute atomic E-state index is 0.000139. The Hall–Kier alpha value is 0.321. The summed E-state index contributed by atoms with van der Waals surface area (Å²) in [4.78, 5) is 0. The summed E-state index contributed by atoms with van der Waals surface area (Å²) in [5.74, 6) is 0. The zero-order valence-electron chi connectivity index (χ0n) is 7.19. The summed E-state index contributed by atoms with van der Waals surface area (Å²) in [5.41, 5.74) is 0. The summed E-state index contributed by atoms with van der Waals surface area (Å²) in [6.07, 6.45) is -4.91. The minimum Gasteiger partial charge on any atom is -0.425 e.